The molecule has 6 heteroatoms. The van der Waals surface area contributed by atoms with E-state index in [0.29, 0.717) is 37.9 Å². The van der Waals surface area contributed by atoms with E-state index in [4.69, 9.17) is 18.9 Å². The molecule has 0 saturated carbocycles. The molecule has 2 fully saturated rings. The first kappa shape index (κ1) is 37.7. The second kappa shape index (κ2) is 13.3. The molecule has 2 aliphatic heterocycles. The lowest BCUT2D eigenvalue weighted by molar-refractivity contribution is -0.317. The highest BCUT2D eigenvalue weighted by atomic mass is 16.7. The van der Waals surface area contributed by atoms with Crippen LogP contribution in [0.2, 0.25) is 0 Å². The van der Waals surface area contributed by atoms with Crippen LogP contribution in [-0.2, 0) is 53.4 Å². The zero-order valence-electron chi connectivity index (χ0n) is 31.9. The van der Waals surface area contributed by atoms with Crippen LogP contribution >= 0.6 is 0 Å². The first-order valence-electron chi connectivity index (χ1n) is 17.6. The Kier molecular flexibility index (Phi) is 10.7. The molecule has 264 valence electrons. The topological polar surface area (TPSA) is 77.4 Å². The Bertz CT molecular complexity index is 1200. The van der Waals surface area contributed by atoms with Gasteiger partial charge in [0, 0.05) is 11.8 Å². The van der Waals surface area contributed by atoms with Gasteiger partial charge in [0.25, 0.3) is 0 Å². The van der Waals surface area contributed by atoms with Gasteiger partial charge in [0.2, 0.25) is 0 Å². The summed E-state index contributed by atoms with van der Waals surface area (Å²) in [6.45, 7) is 32.2. The third-order valence-corrected chi connectivity index (χ3v) is 9.83. The molecule has 47 heavy (non-hydrogen) atoms. The van der Waals surface area contributed by atoms with E-state index in [-0.39, 0.29) is 51.5 Å². The summed E-state index contributed by atoms with van der Waals surface area (Å²) in [5.74, 6) is 1.09. The predicted molar refractivity (Wildman–Crippen MR) is 191 cm³/mol. The molecule has 0 radical (unpaired) electrons. The van der Waals surface area contributed by atoms with Gasteiger partial charge in [-0.1, -0.05) is 121 Å². The van der Waals surface area contributed by atoms with Gasteiger partial charge in [-0.25, -0.2) is 0 Å². The van der Waals surface area contributed by atoms with Crippen LogP contribution in [0.1, 0.15) is 130 Å². The van der Waals surface area contributed by atoms with Gasteiger partial charge in [0.15, 0.2) is 12.6 Å². The molecule has 0 amide bonds. The largest absolute Gasteiger partial charge is 0.507 e. The van der Waals surface area contributed by atoms with Crippen LogP contribution in [0.25, 0.3) is 0 Å². The van der Waals surface area contributed by atoms with Crippen molar-refractivity contribution in [3.63, 3.8) is 0 Å². The fourth-order valence-corrected chi connectivity index (χ4v) is 6.89. The third kappa shape index (κ3) is 8.73. The fourth-order valence-electron chi connectivity index (χ4n) is 6.89. The summed E-state index contributed by atoms with van der Waals surface area (Å²) >= 11 is 0. The highest BCUT2D eigenvalue weighted by Gasteiger charge is 2.44. The minimum atomic E-state index is -0.318. The quantitative estimate of drug-likeness (QED) is 0.324. The summed E-state index contributed by atoms with van der Waals surface area (Å²) in [6.07, 6.45) is 0.959. The van der Waals surface area contributed by atoms with Crippen molar-refractivity contribution in [2.45, 2.75) is 144 Å². The molecular formula is C41H64O6. The second-order valence-electron chi connectivity index (χ2n) is 18.9. The summed E-state index contributed by atoms with van der Waals surface area (Å²) in [5, 5.41) is 22.3. The fraction of sp³-hybridized carbons (Fsp3) is 0.707. The van der Waals surface area contributed by atoms with E-state index in [0.717, 1.165) is 35.1 Å². The van der Waals surface area contributed by atoms with Gasteiger partial charge in [-0.15, -0.1) is 0 Å². The van der Waals surface area contributed by atoms with Crippen LogP contribution in [0.4, 0.5) is 0 Å². The van der Waals surface area contributed by atoms with E-state index in [1.807, 2.05) is 0 Å². The maximum Gasteiger partial charge on any atom is 0.160 e. The minimum Gasteiger partial charge on any atom is -0.507 e. The first-order valence-corrected chi connectivity index (χ1v) is 17.6. The van der Waals surface area contributed by atoms with Gasteiger partial charge in [-0.05, 0) is 67.9 Å². The van der Waals surface area contributed by atoms with Crippen LogP contribution in [0, 0.1) is 17.3 Å². The van der Waals surface area contributed by atoms with Crippen LogP contribution < -0.4 is 0 Å². The normalized spacial score (nSPS) is 24.4. The van der Waals surface area contributed by atoms with Crippen LogP contribution in [0.3, 0.4) is 0 Å². The van der Waals surface area contributed by atoms with Crippen molar-refractivity contribution in [3.05, 3.63) is 57.6 Å². The number of hydrogen-bond acceptors (Lipinski definition) is 6. The summed E-state index contributed by atoms with van der Waals surface area (Å²) < 4.78 is 25.4. The average molecular weight is 653 g/mol. The van der Waals surface area contributed by atoms with E-state index in [9.17, 15) is 10.2 Å². The Morgan fingerprint density at radius 3 is 0.979 bits per heavy atom. The molecule has 2 saturated heterocycles. The molecule has 2 N–H and O–H groups in total. The number of phenolic OH excluding ortho intramolecular Hbond substituents is 2. The minimum absolute atomic E-state index is 0.136. The van der Waals surface area contributed by atoms with Gasteiger partial charge in [-0.3, -0.25) is 0 Å². The summed E-state index contributed by atoms with van der Waals surface area (Å²) in [5.41, 5.74) is 5.31. The molecule has 6 nitrogen and oxygen atoms in total. The molecule has 2 aromatic rings. The molecule has 2 unspecified atom stereocenters. The maximum absolute atomic E-state index is 11.1. The van der Waals surface area contributed by atoms with Gasteiger partial charge in [0.05, 0.1) is 31.8 Å². The summed E-state index contributed by atoms with van der Waals surface area (Å²) in [7, 11) is 0. The molecule has 2 heterocycles. The zero-order valence-corrected chi connectivity index (χ0v) is 31.9. The number of ether oxygens (including phenoxy) is 4. The molecule has 0 bridgehead atoms. The Morgan fingerprint density at radius 1 is 0.532 bits per heavy atom. The molecular weight excluding hydrogens is 588 g/mol. The Morgan fingerprint density at radius 2 is 0.766 bits per heavy atom. The van der Waals surface area contributed by atoms with Crippen LogP contribution in [-0.4, -0.2) is 49.2 Å². The maximum atomic E-state index is 11.1. The van der Waals surface area contributed by atoms with Crippen molar-refractivity contribution in [2.24, 2.45) is 17.3 Å². The number of hydrogen-bond donors (Lipinski definition) is 2. The number of rotatable bonds is 6. The molecule has 2 atom stereocenters. The molecule has 1 spiro atoms. The lowest BCUT2D eigenvalue weighted by Gasteiger charge is -2.45. The van der Waals surface area contributed by atoms with Gasteiger partial charge >= 0.3 is 0 Å². The van der Waals surface area contributed by atoms with E-state index in [1.165, 1.54) is 11.1 Å². The SMILES string of the molecule is CC(Cc1cc(C(C)(C)C)c(O)c(C(C)(C)C)c1)C1OCC2(CO1)COC(C(C)Cc1cc(C(C)(C)C)c(O)c(C(C)(C)C)c1)OC2. The lowest BCUT2D eigenvalue weighted by atomic mass is 9.77. The van der Waals surface area contributed by atoms with Gasteiger partial charge in [0.1, 0.15) is 11.5 Å². The van der Waals surface area contributed by atoms with Gasteiger partial charge < -0.3 is 29.2 Å². The van der Waals surface area contributed by atoms with Crippen molar-refractivity contribution in [2.75, 3.05) is 26.4 Å². The van der Waals surface area contributed by atoms with Crippen molar-refractivity contribution < 1.29 is 29.2 Å². The second-order valence-corrected chi connectivity index (χ2v) is 18.9. The highest BCUT2D eigenvalue weighted by molar-refractivity contribution is 5.51. The summed E-state index contributed by atoms with van der Waals surface area (Å²) in [6, 6.07) is 8.62. The average Bonchev–Trinajstić information content (AvgIpc) is 2.93. The van der Waals surface area contributed by atoms with Crippen LogP contribution in [0.15, 0.2) is 24.3 Å². The van der Waals surface area contributed by atoms with Gasteiger partial charge in [-0.2, -0.15) is 0 Å². The number of aromatic hydroxyl groups is 2. The number of benzene rings is 2. The molecule has 2 aliphatic rings. The van der Waals surface area contributed by atoms with Crippen molar-refractivity contribution in [3.8, 4) is 11.5 Å². The van der Waals surface area contributed by atoms with E-state index >= 15 is 0 Å². The highest BCUT2D eigenvalue weighted by Crippen LogP contribution is 2.42. The smallest absolute Gasteiger partial charge is 0.160 e. The first-order chi connectivity index (χ1) is 21.4. The Hall–Kier alpha value is -2.12. The Labute approximate surface area is 285 Å². The standard InChI is InChI=1S/C41H64O6/c1-25(15-27-17-29(37(3,4)5)33(42)30(18-27)38(6,7)8)35-44-21-41(22-45-35)23-46-36(47-24-41)26(2)16-28-19-31(39(9,10)11)34(43)32(20-28)40(12,13)14/h17-20,25-26,35-36,42-43H,15-16,21-24H2,1-14H3. The predicted octanol–water partition coefficient (Wildman–Crippen LogP) is 9.08. The number of phenols is 2. The van der Waals surface area contributed by atoms with Crippen molar-refractivity contribution >= 4 is 0 Å². The van der Waals surface area contributed by atoms with Crippen LogP contribution in [0.5, 0.6) is 11.5 Å². The third-order valence-electron chi connectivity index (χ3n) is 9.83. The molecule has 0 aromatic heterocycles. The molecule has 2 aromatic carbocycles. The zero-order chi connectivity index (χ0) is 35.3. The van der Waals surface area contributed by atoms with Crippen molar-refractivity contribution in [1.29, 1.82) is 0 Å². The summed E-state index contributed by atoms with van der Waals surface area (Å²) in [4.78, 5) is 0. The molecule has 0 aliphatic carbocycles. The Balaban J connectivity index is 1.37. The van der Waals surface area contributed by atoms with E-state index in [2.05, 4.69) is 121 Å². The van der Waals surface area contributed by atoms with Crippen molar-refractivity contribution in [1.82, 2.24) is 0 Å². The lowest BCUT2D eigenvalue weighted by Crippen LogP contribution is -2.54. The van der Waals surface area contributed by atoms with E-state index < -0.39 is 0 Å². The monoisotopic (exact) mass is 652 g/mol. The molecule has 4 rings (SSSR count). The van der Waals surface area contributed by atoms with E-state index in [1.54, 1.807) is 0 Å².